The van der Waals surface area contributed by atoms with Gasteiger partial charge in [-0.3, -0.25) is 9.97 Å². The number of rotatable bonds is 3. The summed E-state index contributed by atoms with van der Waals surface area (Å²) >= 11 is 2.76. The first-order valence-corrected chi connectivity index (χ1v) is 6.90. The summed E-state index contributed by atoms with van der Waals surface area (Å²) in [5.41, 5.74) is 3.84. The molecule has 3 aromatic rings. The molecule has 0 aliphatic rings. The fourth-order valence-corrected chi connectivity index (χ4v) is 2.60. The molecule has 1 N–H and O–H groups in total. The van der Waals surface area contributed by atoms with Crippen LogP contribution in [0.5, 0.6) is 0 Å². The van der Waals surface area contributed by atoms with Crippen LogP contribution in [0.15, 0.2) is 29.5 Å². The minimum absolute atomic E-state index is 0.0400. The molecule has 3 heterocycles. The molecule has 0 amide bonds. The maximum atomic E-state index is 11.1. The van der Waals surface area contributed by atoms with Crippen LogP contribution in [0.2, 0.25) is 0 Å². The van der Waals surface area contributed by atoms with Crippen LogP contribution in [0, 0.1) is 0 Å². The van der Waals surface area contributed by atoms with E-state index in [-0.39, 0.29) is 5.69 Å². The van der Waals surface area contributed by atoms with Gasteiger partial charge in [-0.1, -0.05) is 0 Å². The van der Waals surface area contributed by atoms with Crippen molar-refractivity contribution in [2.45, 2.75) is 0 Å². The van der Waals surface area contributed by atoms with E-state index in [1.807, 2.05) is 0 Å². The number of hydrogen-bond acceptors (Lipinski definition) is 7. The van der Waals surface area contributed by atoms with E-state index >= 15 is 0 Å². The number of thiazole rings is 2. The van der Waals surface area contributed by atoms with Gasteiger partial charge in [0.1, 0.15) is 0 Å². The smallest absolute Gasteiger partial charge is 0.354 e. The van der Waals surface area contributed by atoms with Crippen molar-refractivity contribution in [1.29, 1.82) is 0 Å². The summed E-state index contributed by atoms with van der Waals surface area (Å²) in [6, 6.07) is 1.44. The summed E-state index contributed by atoms with van der Waals surface area (Å²) in [6.45, 7) is 0. The monoisotopic (exact) mass is 290 g/mol. The van der Waals surface area contributed by atoms with Crippen LogP contribution in [-0.4, -0.2) is 31.0 Å². The minimum Gasteiger partial charge on any atom is -0.477 e. The molecule has 0 aromatic carbocycles. The highest BCUT2D eigenvalue weighted by Crippen LogP contribution is 2.26. The van der Waals surface area contributed by atoms with Crippen LogP contribution in [0.4, 0.5) is 0 Å². The molecule has 19 heavy (non-hydrogen) atoms. The summed E-state index contributed by atoms with van der Waals surface area (Å²) < 4.78 is 0. The van der Waals surface area contributed by atoms with Gasteiger partial charge < -0.3 is 5.11 Å². The van der Waals surface area contributed by atoms with Crippen LogP contribution in [-0.2, 0) is 0 Å². The van der Waals surface area contributed by atoms with Gasteiger partial charge >= 0.3 is 5.97 Å². The van der Waals surface area contributed by atoms with Gasteiger partial charge in [-0.2, -0.15) is 0 Å². The Balaban J connectivity index is 2.18. The lowest BCUT2D eigenvalue weighted by molar-refractivity contribution is 0.0690. The lowest BCUT2D eigenvalue weighted by Gasteiger charge is -2.02. The van der Waals surface area contributed by atoms with Crippen molar-refractivity contribution in [2.75, 3.05) is 0 Å². The molecule has 0 aliphatic heterocycles. The first-order chi connectivity index (χ1) is 9.24. The van der Waals surface area contributed by atoms with Crippen molar-refractivity contribution in [3.05, 3.63) is 35.2 Å². The lowest BCUT2D eigenvalue weighted by Crippen LogP contribution is -2.03. The second-order valence-electron chi connectivity index (χ2n) is 3.50. The number of aromatic carboxylic acids is 1. The average Bonchev–Trinajstić information content (AvgIpc) is 3.11. The van der Waals surface area contributed by atoms with Gasteiger partial charge in [0, 0.05) is 12.4 Å². The molecule has 6 nitrogen and oxygen atoms in total. The largest absolute Gasteiger partial charge is 0.477 e. The van der Waals surface area contributed by atoms with Gasteiger partial charge in [0.15, 0.2) is 11.5 Å². The van der Waals surface area contributed by atoms with Gasteiger partial charge in [-0.15, -0.1) is 22.7 Å². The molecule has 3 aromatic heterocycles. The van der Waals surface area contributed by atoms with Gasteiger partial charge in [0.2, 0.25) is 0 Å². The van der Waals surface area contributed by atoms with E-state index in [9.17, 15) is 4.79 Å². The Bertz CT molecular complexity index is 658. The maximum absolute atomic E-state index is 11.1. The first kappa shape index (κ1) is 11.9. The summed E-state index contributed by atoms with van der Waals surface area (Å²) in [4.78, 5) is 29.0. The standard InChI is InChI=1S/C11H6N4O2S2/c16-11(17)7-1-6(8-2-12-4-18-8)14-10(15-7)9-3-13-5-19-9/h1-5H,(H,16,17). The number of carbonyl (C=O) groups is 1. The zero-order valence-electron chi connectivity index (χ0n) is 9.35. The van der Waals surface area contributed by atoms with E-state index < -0.39 is 5.97 Å². The molecule has 0 unspecified atom stereocenters. The summed E-state index contributed by atoms with van der Waals surface area (Å²) in [6.07, 6.45) is 3.26. The predicted molar refractivity (Wildman–Crippen MR) is 71.2 cm³/mol. The molecule has 0 spiro atoms. The Hall–Kier alpha value is -2.19. The van der Waals surface area contributed by atoms with Crippen LogP contribution in [0.3, 0.4) is 0 Å². The fraction of sp³-hybridized carbons (Fsp3) is 0. The van der Waals surface area contributed by atoms with Crippen molar-refractivity contribution in [1.82, 2.24) is 19.9 Å². The molecule has 0 bridgehead atoms. The van der Waals surface area contributed by atoms with Crippen LogP contribution < -0.4 is 0 Å². The Morgan fingerprint density at radius 3 is 2.32 bits per heavy atom. The quantitative estimate of drug-likeness (QED) is 0.797. The summed E-state index contributed by atoms with van der Waals surface area (Å²) in [5, 5.41) is 9.11. The first-order valence-electron chi connectivity index (χ1n) is 5.14. The van der Waals surface area contributed by atoms with Crippen LogP contribution in [0.1, 0.15) is 10.5 Å². The van der Waals surface area contributed by atoms with Crippen LogP contribution >= 0.6 is 22.7 Å². The van der Waals surface area contributed by atoms with E-state index in [0.717, 1.165) is 9.75 Å². The third-order valence-corrected chi connectivity index (χ3v) is 3.85. The summed E-state index contributed by atoms with van der Waals surface area (Å²) in [7, 11) is 0. The Morgan fingerprint density at radius 1 is 1.05 bits per heavy atom. The lowest BCUT2D eigenvalue weighted by atomic mass is 10.3. The number of nitrogens with zero attached hydrogens (tertiary/aromatic N) is 4. The number of carboxylic acids is 1. The molecule has 94 valence electrons. The highest BCUT2D eigenvalue weighted by atomic mass is 32.1. The molecule has 0 fully saturated rings. The molecule has 0 atom stereocenters. The van der Waals surface area contributed by atoms with Crippen molar-refractivity contribution in [2.24, 2.45) is 0 Å². The predicted octanol–water partition coefficient (Wildman–Crippen LogP) is 2.42. The maximum Gasteiger partial charge on any atom is 0.354 e. The SMILES string of the molecule is O=C(O)c1cc(-c2cncs2)nc(-c2cncs2)n1. The van der Waals surface area contributed by atoms with Gasteiger partial charge in [-0.05, 0) is 6.07 Å². The normalized spacial score (nSPS) is 10.5. The second-order valence-corrected chi connectivity index (χ2v) is 5.27. The zero-order valence-corrected chi connectivity index (χ0v) is 11.0. The zero-order chi connectivity index (χ0) is 13.2. The Labute approximate surface area is 115 Å². The van der Waals surface area contributed by atoms with E-state index in [4.69, 9.17) is 5.11 Å². The third kappa shape index (κ3) is 2.35. The Kier molecular flexibility index (Phi) is 3.02. The second kappa shape index (κ2) is 4.82. The van der Waals surface area contributed by atoms with Crippen LogP contribution in [0.25, 0.3) is 21.3 Å². The molecular weight excluding hydrogens is 284 g/mol. The van der Waals surface area contributed by atoms with Gasteiger partial charge in [0.25, 0.3) is 0 Å². The highest BCUT2D eigenvalue weighted by Gasteiger charge is 2.14. The van der Waals surface area contributed by atoms with Gasteiger partial charge in [0.05, 0.1) is 26.5 Å². The average molecular weight is 290 g/mol. The number of carboxylic acid groups (broad SMARTS) is 1. The number of aromatic nitrogens is 4. The molecule has 3 rings (SSSR count). The fourth-order valence-electron chi connectivity index (χ4n) is 1.46. The van der Waals surface area contributed by atoms with Crippen molar-refractivity contribution in [3.8, 4) is 21.3 Å². The highest BCUT2D eigenvalue weighted by molar-refractivity contribution is 7.13. The van der Waals surface area contributed by atoms with E-state index in [2.05, 4.69) is 19.9 Å². The van der Waals surface area contributed by atoms with E-state index in [1.54, 1.807) is 23.4 Å². The topological polar surface area (TPSA) is 88.9 Å². The third-order valence-electron chi connectivity index (χ3n) is 2.28. The molecule has 8 heteroatoms. The molecule has 0 saturated heterocycles. The molecule has 0 saturated carbocycles. The summed E-state index contributed by atoms with van der Waals surface area (Å²) in [5.74, 6) is -0.718. The van der Waals surface area contributed by atoms with E-state index in [0.29, 0.717) is 11.5 Å². The molecule has 0 aliphatic carbocycles. The molecular formula is C11H6N4O2S2. The van der Waals surface area contributed by atoms with Crippen molar-refractivity contribution >= 4 is 28.6 Å². The van der Waals surface area contributed by atoms with E-state index in [1.165, 1.54) is 28.7 Å². The minimum atomic E-state index is -1.08. The Morgan fingerprint density at radius 2 is 1.74 bits per heavy atom. The van der Waals surface area contributed by atoms with Crippen molar-refractivity contribution < 1.29 is 9.90 Å². The molecule has 0 radical (unpaired) electrons. The number of hydrogen-bond donors (Lipinski definition) is 1. The van der Waals surface area contributed by atoms with Crippen molar-refractivity contribution in [3.63, 3.8) is 0 Å². The van der Waals surface area contributed by atoms with Gasteiger partial charge in [-0.25, -0.2) is 14.8 Å².